The lowest BCUT2D eigenvalue weighted by Gasteiger charge is -2.43. The van der Waals surface area contributed by atoms with Gasteiger partial charge in [-0.2, -0.15) is 0 Å². The van der Waals surface area contributed by atoms with E-state index in [4.69, 9.17) is 9.47 Å². The maximum Gasteiger partial charge on any atom is 0.407 e. The molecule has 0 aliphatic carbocycles. The minimum absolute atomic E-state index is 0.00440. The van der Waals surface area contributed by atoms with Crippen molar-refractivity contribution in [3.05, 3.63) is 41.7 Å². The Morgan fingerprint density at radius 2 is 1.83 bits per heavy atom. The molecule has 41 heavy (non-hydrogen) atoms. The molecule has 4 rings (SSSR count). The SMILES string of the molecule is CC(C)CN(C(=O)c1nnn(-c2ccccc2)c1COCC(F)F)[C@H]1C[C@@H](C(=O)N2CCOCC2)CN(C(=O)O)C1. The Labute approximate surface area is 236 Å². The maximum absolute atomic E-state index is 14.1. The molecule has 0 radical (unpaired) electrons. The third-order valence-corrected chi connectivity index (χ3v) is 7.08. The number of nitrogens with zero attached hydrogens (tertiary/aromatic N) is 6. The van der Waals surface area contributed by atoms with E-state index in [0.717, 1.165) is 0 Å². The number of piperidine rings is 1. The number of carbonyl (C=O) groups is 3. The molecule has 0 unspecified atom stereocenters. The normalized spacial score (nSPS) is 19.6. The highest BCUT2D eigenvalue weighted by atomic mass is 19.3. The lowest BCUT2D eigenvalue weighted by atomic mass is 9.91. The van der Waals surface area contributed by atoms with Gasteiger partial charge in [0.25, 0.3) is 12.3 Å². The summed E-state index contributed by atoms with van der Waals surface area (Å²) in [7, 11) is 0. The molecule has 12 nitrogen and oxygen atoms in total. The first kappa shape index (κ1) is 30.3. The van der Waals surface area contributed by atoms with Crippen LogP contribution in [0.2, 0.25) is 0 Å². The van der Waals surface area contributed by atoms with Gasteiger partial charge in [-0.05, 0) is 24.5 Å². The zero-order valence-electron chi connectivity index (χ0n) is 23.2. The number of carboxylic acid groups (broad SMARTS) is 1. The zero-order chi connectivity index (χ0) is 29.5. The van der Waals surface area contributed by atoms with Crippen LogP contribution in [0.4, 0.5) is 13.6 Å². The van der Waals surface area contributed by atoms with Crippen molar-refractivity contribution >= 4 is 17.9 Å². The molecule has 3 amide bonds. The van der Waals surface area contributed by atoms with Crippen molar-refractivity contribution in [2.24, 2.45) is 11.8 Å². The molecule has 2 fully saturated rings. The van der Waals surface area contributed by atoms with Crippen LogP contribution in [-0.4, -0.2) is 118 Å². The first-order valence-corrected chi connectivity index (χ1v) is 13.7. The number of hydrogen-bond acceptors (Lipinski definition) is 7. The average molecular weight is 579 g/mol. The highest BCUT2D eigenvalue weighted by molar-refractivity contribution is 5.94. The van der Waals surface area contributed by atoms with Gasteiger partial charge in [-0.15, -0.1) is 5.10 Å². The molecule has 224 valence electrons. The first-order valence-electron chi connectivity index (χ1n) is 13.7. The summed E-state index contributed by atoms with van der Waals surface area (Å²) < 4.78 is 37.7. The molecule has 1 aromatic heterocycles. The summed E-state index contributed by atoms with van der Waals surface area (Å²) in [5.41, 5.74) is 0.686. The van der Waals surface area contributed by atoms with Crippen molar-refractivity contribution in [1.82, 2.24) is 29.7 Å². The third-order valence-electron chi connectivity index (χ3n) is 7.08. The van der Waals surface area contributed by atoms with E-state index >= 15 is 0 Å². The Morgan fingerprint density at radius 1 is 1.12 bits per heavy atom. The zero-order valence-corrected chi connectivity index (χ0v) is 23.2. The van der Waals surface area contributed by atoms with Crippen LogP contribution in [0.25, 0.3) is 5.69 Å². The van der Waals surface area contributed by atoms with Gasteiger partial charge in [-0.3, -0.25) is 9.59 Å². The molecule has 3 heterocycles. The van der Waals surface area contributed by atoms with Crippen LogP contribution in [0.15, 0.2) is 30.3 Å². The Bertz CT molecular complexity index is 1190. The van der Waals surface area contributed by atoms with Gasteiger partial charge in [0, 0.05) is 32.7 Å². The van der Waals surface area contributed by atoms with Gasteiger partial charge in [0.2, 0.25) is 5.91 Å². The average Bonchev–Trinajstić information content (AvgIpc) is 3.39. The number of morpholine rings is 1. The second-order valence-corrected chi connectivity index (χ2v) is 10.6. The van der Waals surface area contributed by atoms with Gasteiger partial charge in [-0.1, -0.05) is 37.3 Å². The van der Waals surface area contributed by atoms with Gasteiger partial charge in [0.15, 0.2) is 5.69 Å². The minimum atomic E-state index is -2.70. The number of alkyl halides is 2. The number of para-hydroxylation sites is 1. The lowest BCUT2D eigenvalue weighted by Crippen LogP contribution is -2.58. The molecule has 2 saturated heterocycles. The van der Waals surface area contributed by atoms with Crippen LogP contribution < -0.4 is 0 Å². The van der Waals surface area contributed by atoms with Crippen LogP contribution in [-0.2, 0) is 20.9 Å². The molecular weight excluding hydrogens is 542 g/mol. The topological polar surface area (TPSA) is 130 Å². The summed E-state index contributed by atoms with van der Waals surface area (Å²) in [4.78, 5) is 44.0. The Morgan fingerprint density at radius 3 is 2.46 bits per heavy atom. The van der Waals surface area contributed by atoms with E-state index in [9.17, 15) is 28.3 Å². The molecule has 0 spiro atoms. The molecule has 0 saturated carbocycles. The fourth-order valence-corrected chi connectivity index (χ4v) is 5.22. The number of amides is 3. The smallest absolute Gasteiger partial charge is 0.407 e. The molecular formula is C27H36F2N6O6. The summed E-state index contributed by atoms with van der Waals surface area (Å²) >= 11 is 0. The second kappa shape index (κ2) is 13.8. The number of halogens is 2. The van der Waals surface area contributed by atoms with E-state index < -0.39 is 37.0 Å². The number of hydrogen-bond donors (Lipinski definition) is 1. The maximum atomic E-state index is 14.1. The largest absolute Gasteiger partial charge is 0.465 e. The minimum Gasteiger partial charge on any atom is -0.465 e. The summed E-state index contributed by atoms with van der Waals surface area (Å²) in [5, 5.41) is 18.1. The van der Waals surface area contributed by atoms with Gasteiger partial charge < -0.3 is 29.3 Å². The lowest BCUT2D eigenvalue weighted by molar-refractivity contribution is -0.142. The van der Waals surface area contributed by atoms with Crippen LogP contribution in [0.5, 0.6) is 0 Å². The molecule has 1 N–H and O–H groups in total. The summed E-state index contributed by atoms with van der Waals surface area (Å²) in [6.07, 6.45) is -3.61. The van der Waals surface area contributed by atoms with Crippen LogP contribution in [0.1, 0.15) is 36.5 Å². The van der Waals surface area contributed by atoms with Crippen molar-refractivity contribution in [2.75, 3.05) is 52.5 Å². The summed E-state index contributed by atoms with van der Waals surface area (Å²) in [6.45, 7) is 4.64. The van der Waals surface area contributed by atoms with E-state index in [2.05, 4.69) is 10.3 Å². The van der Waals surface area contributed by atoms with Gasteiger partial charge in [0.1, 0.15) is 12.3 Å². The Balaban J connectivity index is 1.66. The molecule has 2 aromatic rings. The van der Waals surface area contributed by atoms with E-state index in [1.54, 1.807) is 35.2 Å². The third kappa shape index (κ3) is 7.55. The van der Waals surface area contributed by atoms with Crippen molar-refractivity contribution in [3.8, 4) is 5.69 Å². The number of carbonyl (C=O) groups excluding carboxylic acids is 2. The predicted molar refractivity (Wildman–Crippen MR) is 142 cm³/mol. The van der Waals surface area contributed by atoms with Gasteiger partial charge in [-0.25, -0.2) is 18.3 Å². The fraction of sp³-hybridized carbons (Fsp3) is 0.593. The fourth-order valence-electron chi connectivity index (χ4n) is 5.22. The molecule has 2 atom stereocenters. The molecule has 1 aromatic carbocycles. The molecule has 2 aliphatic rings. The van der Waals surface area contributed by atoms with E-state index in [1.165, 1.54) is 14.5 Å². The number of aromatic nitrogens is 3. The highest BCUT2D eigenvalue weighted by Crippen LogP contribution is 2.27. The van der Waals surface area contributed by atoms with E-state index in [1.807, 2.05) is 13.8 Å². The predicted octanol–water partition coefficient (Wildman–Crippen LogP) is 2.37. The summed E-state index contributed by atoms with van der Waals surface area (Å²) in [6, 6.07) is 8.18. The Hall–Kier alpha value is -3.65. The number of likely N-dealkylation sites (tertiary alicyclic amines) is 1. The van der Waals surface area contributed by atoms with Crippen molar-refractivity contribution in [2.45, 2.75) is 39.3 Å². The van der Waals surface area contributed by atoms with Crippen molar-refractivity contribution in [1.29, 1.82) is 0 Å². The standard InChI is InChI=1S/C27H36F2N6O6/c1-18(2)13-34(21-12-19(14-33(15-21)27(38)39)25(36)32-8-10-40-11-9-32)26(37)24-22(16-41-17-23(28)29)35(31-30-24)20-6-4-3-5-7-20/h3-7,18-19,21,23H,8-17H2,1-2H3,(H,38,39)/t19-,21+/m1/s1. The highest BCUT2D eigenvalue weighted by Gasteiger charge is 2.41. The second-order valence-electron chi connectivity index (χ2n) is 10.6. The van der Waals surface area contributed by atoms with Crippen molar-refractivity contribution < 1.29 is 37.7 Å². The van der Waals surface area contributed by atoms with E-state index in [0.29, 0.717) is 32.0 Å². The van der Waals surface area contributed by atoms with Gasteiger partial charge >= 0.3 is 6.09 Å². The Kier molecular flexibility index (Phi) is 10.2. The van der Waals surface area contributed by atoms with Crippen LogP contribution in [0.3, 0.4) is 0 Å². The number of rotatable bonds is 10. The first-order chi connectivity index (χ1) is 19.7. The van der Waals surface area contributed by atoms with Crippen molar-refractivity contribution in [3.63, 3.8) is 0 Å². The van der Waals surface area contributed by atoms with Crippen LogP contribution in [0, 0.1) is 11.8 Å². The molecule has 2 aliphatic heterocycles. The molecule has 0 bridgehead atoms. The number of ether oxygens (including phenoxy) is 2. The monoisotopic (exact) mass is 578 g/mol. The van der Waals surface area contributed by atoms with Gasteiger partial charge in [0.05, 0.1) is 37.5 Å². The number of benzene rings is 1. The van der Waals surface area contributed by atoms with E-state index in [-0.39, 0.29) is 55.9 Å². The quantitative estimate of drug-likeness (QED) is 0.455. The molecule has 14 heteroatoms. The van der Waals surface area contributed by atoms with Crippen LogP contribution >= 0.6 is 0 Å². The summed E-state index contributed by atoms with van der Waals surface area (Å²) in [5.74, 6) is -1.35.